The van der Waals surface area contributed by atoms with Gasteiger partial charge in [-0.05, 0) is 29.8 Å². The number of carbonyl (C=O) groups excluding carboxylic acids is 1. The lowest BCUT2D eigenvalue weighted by Gasteiger charge is -2.19. The van der Waals surface area contributed by atoms with Crippen LogP contribution in [-0.2, 0) is 6.54 Å². The van der Waals surface area contributed by atoms with Crippen molar-refractivity contribution in [3.05, 3.63) is 58.6 Å². The Morgan fingerprint density at radius 2 is 1.86 bits per heavy atom. The van der Waals surface area contributed by atoms with Gasteiger partial charge in [0.2, 0.25) is 0 Å². The Hall–Kier alpha value is -2.20. The lowest BCUT2D eigenvalue weighted by Crippen LogP contribution is -2.23. The third kappa shape index (κ3) is 3.11. The van der Waals surface area contributed by atoms with Crippen molar-refractivity contribution in [1.29, 1.82) is 0 Å². The molecular weight excluding hydrogens is 290 g/mol. The number of amides is 1. The van der Waals surface area contributed by atoms with Gasteiger partial charge in [0.1, 0.15) is 13.2 Å². The first kappa shape index (κ1) is 13.8. The van der Waals surface area contributed by atoms with Gasteiger partial charge in [0.05, 0.1) is 10.6 Å². The summed E-state index contributed by atoms with van der Waals surface area (Å²) >= 11 is 6.00. The molecule has 108 valence electrons. The Kier molecular flexibility index (Phi) is 3.97. The van der Waals surface area contributed by atoms with Gasteiger partial charge < -0.3 is 14.8 Å². The average Bonchev–Trinajstić information content (AvgIpc) is 2.53. The van der Waals surface area contributed by atoms with E-state index in [1.807, 2.05) is 18.2 Å². The van der Waals surface area contributed by atoms with Gasteiger partial charge in [-0.2, -0.15) is 0 Å². The van der Waals surface area contributed by atoms with E-state index >= 15 is 0 Å². The van der Waals surface area contributed by atoms with Crippen LogP contribution >= 0.6 is 11.6 Å². The number of carbonyl (C=O) groups is 1. The number of fused-ring (bicyclic) bond motifs is 1. The van der Waals surface area contributed by atoms with Crippen LogP contribution in [0.4, 0.5) is 0 Å². The minimum Gasteiger partial charge on any atom is -0.486 e. The van der Waals surface area contributed by atoms with Crippen LogP contribution in [0.5, 0.6) is 11.5 Å². The Bertz CT molecular complexity index is 672. The molecular formula is C16H14ClNO3. The summed E-state index contributed by atoms with van der Waals surface area (Å²) in [6, 6.07) is 12.6. The lowest BCUT2D eigenvalue weighted by atomic mass is 10.1. The van der Waals surface area contributed by atoms with Crippen LogP contribution < -0.4 is 14.8 Å². The fraction of sp³-hybridized carbons (Fsp3) is 0.188. The van der Waals surface area contributed by atoms with Crippen LogP contribution in [0.25, 0.3) is 0 Å². The van der Waals surface area contributed by atoms with Crippen molar-refractivity contribution in [2.75, 3.05) is 13.2 Å². The van der Waals surface area contributed by atoms with Crippen molar-refractivity contribution in [2.24, 2.45) is 0 Å². The van der Waals surface area contributed by atoms with Gasteiger partial charge in [-0.1, -0.05) is 29.8 Å². The van der Waals surface area contributed by atoms with Crippen LogP contribution in [0.15, 0.2) is 42.5 Å². The average molecular weight is 304 g/mol. The van der Waals surface area contributed by atoms with Crippen LogP contribution in [0.2, 0.25) is 5.02 Å². The Labute approximate surface area is 127 Å². The number of hydrogen-bond donors (Lipinski definition) is 1. The second-order valence-corrected chi connectivity index (χ2v) is 5.05. The van der Waals surface area contributed by atoms with E-state index in [1.54, 1.807) is 24.3 Å². The molecule has 1 aliphatic heterocycles. The molecule has 2 aromatic rings. The minimum absolute atomic E-state index is 0.199. The molecule has 2 aromatic carbocycles. The molecule has 0 aromatic heterocycles. The lowest BCUT2D eigenvalue weighted by molar-refractivity contribution is 0.0951. The zero-order valence-corrected chi connectivity index (χ0v) is 12.0. The molecule has 1 amide bonds. The first-order valence-corrected chi connectivity index (χ1v) is 7.03. The number of benzene rings is 2. The van der Waals surface area contributed by atoms with E-state index in [0.29, 0.717) is 36.1 Å². The normalized spacial score (nSPS) is 12.8. The third-order valence-electron chi connectivity index (χ3n) is 3.18. The predicted octanol–water partition coefficient (Wildman–Crippen LogP) is 3.04. The quantitative estimate of drug-likeness (QED) is 0.948. The Morgan fingerprint density at radius 3 is 2.67 bits per heavy atom. The summed E-state index contributed by atoms with van der Waals surface area (Å²) in [6.45, 7) is 1.51. The highest BCUT2D eigenvalue weighted by Crippen LogP contribution is 2.30. The standard InChI is InChI=1S/C16H14ClNO3/c17-13-4-2-1-3-12(13)16(19)18-10-11-5-6-14-15(9-11)21-8-7-20-14/h1-6,9H,7-8,10H2,(H,18,19). The van der Waals surface area contributed by atoms with Crippen molar-refractivity contribution in [2.45, 2.75) is 6.54 Å². The van der Waals surface area contributed by atoms with Crippen molar-refractivity contribution in [1.82, 2.24) is 5.32 Å². The molecule has 21 heavy (non-hydrogen) atoms. The number of ether oxygens (including phenoxy) is 2. The monoisotopic (exact) mass is 303 g/mol. The molecule has 0 saturated carbocycles. The molecule has 4 nitrogen and oxygen atoms in total. The second-order valence-electron chi connectivity index (χ2n) is 4.64. The molecule has 3 rings (SSSR count). The number of halogens is 1. The zero-order valence-electron chi connectivity index (χ0n) is 11.3. The van der Waals surface area contributed by atoms with Gasteiger partial charge in [0.25, 0.3) is 5.91 Å². The molecule has 0 spiro atoms. The van der Waals surface area contributed by atoms with E-state index in [1.165, 1.54) is 0 Å². The second kappa shape index (κ2) is 6.06. The molecule has 0 unspecified atom stereocenters. The van der Waals surface area contributed by atoms with E-state index in [4.69, 9.17) is 21.1 Å². The van der Waals surface area contributed by atoms with Crippen LogP contribution in [0, 0.1) is 0 Å². The maximum atomic E-state index is 12.1. The Morgan fingerprint density at radius 1 is 1.10 bits per heavy atom. The summed E-state index contributed by atoms with van der Waals surface area (Å²) < 4.78 is 11.0. The summed E-state index contributed by atoms with van der Waals surface area (Å²) in [4.78, 5) is 12.1. The molecule has 1 aliphatic rings. The van der Waals surface area contributed by atoms with Gasteiger partial charge in [-0.3, -0.25) is 4.79 Å². The topological polar surface area (TPSA) is 47.6 Å². The van der Waals surface area contributed by atoms with Gasteiger partial charge in [-0.25, -0.2) is 0 Å². The summed E-state index contributed by atoms with van der Waals surface area (Å²) in [7, 11) is 0. The van der Waals surface area contributed by atoms with Crippen LogP contribution in [0.1, 0.15) is 15.9 Å². The van der Waals surface area contributed by atoms with Gasteiger partial charge in [0.15, 0.2) is 11.5 Å². The summed E-state index contributed by atoms with van der Waals surface area (Å²) in [5, 5.41) is 3.28. The van der Waals surface area contributed by atoms with Crippen molar-refractivity contribution in [3.63, 3.8) is 0 Å². The maximum Gasteiger partial charge on any atom is 0.253 e. The molecule has 1 N–H and O–H groups in total. The molecule has 1 heterocycles. The Balaban J connectivity index is 1.68. The molecule has 0 aliphatic carbocycles. The van der Waals surface area contributed by atoms with E-state index in [9.17, 15) is 4.79 Å². The van der Waals surface area contributed by atoms with E-state index in [0.717, 1.165) is 11.3 Å². The molecule has 0 saturated heterocycles. The molecule has 0 atom stereocenters. The van der Waals surface area contributed by atoms with E-state index in [2.05, 4.69) is 5.32 Å². The number of nitrogens with one attached hydrogen (secondary N) is 1. The summed E-state index contributed by atoms with van der Waals surface area (Å²) in [5.74, 6) is 1.25. The van der Waals surface area contributed by atoms with Gasteiger partial charge in [-0.15, -0.1) is 0 Å². The fourth-order valence-electron chi connectivity index (χ4n) is 2.12. The third-order valence-corrected chi connectivity index (χ3v) is 3.51. The molecule has 0 fully saturated rings. The van der Waals surface area contributed by atoms with Crippen molar-refractivity contribution in [3.8, 4) is 11.5 Å². The molecule has 5 heteroatoms. The first-order valence-electron chi connectivity index (χ1n) is 6.65. The summed E-state index contributed by atoms with van der Waals surface area (Å²) in [5.41, 5.74) is 1.41. The number of rotatable bonds is 3. The highest BCUT2D eigenvalue weighted by atomic mass is 35.5. The molecule has 0 bridgehead atoms. The fourth-order valence-corrected chi connectivity index (χ4v) is 2.34. The molecule has 0 radical (unpaired) electrons. The van der Waals surface area contributed by atoms with Crippen molar-refractivity contribution < 1.29 is 14.3 Å². The maximum absolute atomic E-state index is 12.1. The smallest absolute Gasteiger partial charge is 0.253 e. The van der Waals surface area contributed by atoms with Crippen molar-refractivity contribution >= 4 is 17.5 Å². The summed E-state index contributed by atoms with van der Waals surface area (Å²) in [6.07, 6.45) is 0. The number of hydrogen-bond acceptors (Lipinski definition) is 3. The zero-order chi connectivity index (χ0) is 14.7. The van der Waals surface area contributed by atoms with Crippen LogP contribution in [0.3, 0.4) is 0 Å². The highest BCUT2D eigenvalue weighted by Gasteiger charge is 2.13. The predicted molar refractivity (Wildman–Crippen MR) is 80.1 cm³/mol. The van der Waals surface area contributed by atoms with Crippen LogP contribution in [-0.4, -0.2) is 19.1 Å². The SMILES string of the molecule is O=C(NCc1ccc2c(c1)OCCO2)c1ccccc1Cl. The minimum atomic E-state index is -0.199. The highest BCUT2D eigenvalue weighted by molar-refractivity contribution is 6.33. The largest absolute Gasteiger partial charge is 0.486 e. The first-order chi connectivity index (χ1) is 10.2. The van der Waals surface area contributed by atoms with Gasteiger partial charge in [0, 0.05) is 6.54 Å². The van der Waals surface area contributed by atoms with E-state index < -0.39 is 0 Å². The van der Waals surface area contributed by atoms with Gasteiger partial charge >= 0.3 is 0 Å². The van der Waals surface area contributed by atoms with E-state index in [-0.39, 0.29) is 5.91 Å².